The van der Waals surface area contributed by atoms with Crippen molar-refractivity contribution in [2.24, 2.45) is 0 Å². The van der Waals surface area contributed by atoms with E-state index in [9.17, 15) is 50.4 Å². The summed E-state index contributed by atoms with van der Waals surface area (Å²) in [5.74, 6) is -3.02. The molecule has 61 heavy (non-hydrogen) atoms. The molecule has 5 saturated heterocycles. The first-order chi connectivity index (χ1) is 29.2. The Hall–Kier alpha value is -1.90. The van der Waals surface area contributed by atoms with Crippen LogP contribution >= 0.6 is 0 Å². The largest absolute Gasteiger partial charge is 0.479 e. The summed E-state index contributed by atoms with van der Waals surface area (Å²) in [4.78, 5) is 25.3. The van der Waals surface area contributed by atoms with Crippen LogP contribution in [-0.4, -0.2) is 250 Å². The van der Waals surface area contributed by atoms with Gasteiger partial charge < -0.3 is 112 Å². The van der Waals surface area contributed by atoms with E-state index >= 15 is 0 Å². The third-order valence-electron chi connectivity index (χ3n) is 11.4. The van der Waals surface area contributed by atoms with Crippen LogP contribution in [0.25, 0.3) is 0 Å². The lowest BCUT2D eigenvalue weighted by atomic mass is 9.96. The fourth-order valence-electron chi connectivity index (χ4n) is 8.46. The number of rotatable bonds is 19. The van der Waals surface area contributed by atoms with Gasteiger partial charge in [-0.25, -0.2) is 9.59 Å². The van der Waals surface area contributed by atoms with Crippen molar-refractivity contribution >= 4 is 11.9 Å². The number of ether oxygens (including phenoxy) is 15. The van der Waals surface area contributed by atoms with Gasteiger partial charge in [0.15, 0.2) is 43.7 Å². The maximum Gasteiger partial charge on any atom is 0.335 e. The van der Waals surface area contributed by atoms with Crippen LogP contribution in [0.4, 0.5) is 0 Å². The molecule has 354 valence electrons. The van der Waals surface area contributed by atoms with Crippen molar-refractivity contribution in [1.29, 1.82) is 0 Å². The van der Waals surface area contributed by atoms with Crippen molar-refractivity contribution in [3.63, 3.8) is 0 Å². The molecule has 25 heteroatoms. The Labute approximate surface area is 350 Å². The number of carboxylic acids is 2. The first kappa shape index (κ1) is 50.1. The van der Waals surface area contributed by atoms with E-state index in [1.807, 2.05) is 0 Å². The maximum absolute atomic E-state index is 12.7. The summed E-state index contributed by atoms with van der Waals surface area (Å²) >= 11 is 0. The minimum atomic E-state index is -1.84. The molecule has 0 aromatic carbocycles. The molecule has 8 N–H and O–H groups in total. The molecule has 22 atom stereocenters. The zero-order valence-electron chi connectivity index (χ0n) is 34.5. The lowest BCUT2D eigenvalue weighted by molar-refractivity contribution is -0.375. The van der Waals surface area contributed by atoms with Crippen LogP contribution < -0.4 is 0 Å². The number of aliphatic hydroxyl groups excluding tert-OH is 6. The number of aliphatic hydroxyl groups is 6. The smallest absolute Gasteiger partial charge is 0.335 e. The molecule has 0 aliphatic carbocycles. The molecule has 5 fully saturated rings. The zero-order valence-corrected chi connectivity index (χ0v) is 34.5. The predicted molar refractivity (Wildman–Crippen MR) is 192 cm³/mol. The van der Waals surface area contributed by atoms with E-state index in [-0.39, 0.29) is 12.8 Å². The highest BCUT2D eigenvalue weighted by Gasteiger charge is 2.57. The number of carbonyl (C=O) groups is 2. The van der Waals surface area contributed by atoms with Crippen LogP contribution in [0.1, 0.15) is 19.3 Å². The molecule has 5 aliphatic heterocycles. The number of hydrogen-bond donors (Lipinski definition) is 8. The Kier molecular flexibility index (Phi) is 18.7. The van der Waals surface area contributed by atoms with Gasteiger partial charge in [-0.3, -0.25) is 0 Å². The van der Waals surface area contributed by atoms with Crippen molar-refractivity contribution in [2.75, 3.05) is 62.5 Å². The summed E-state index contributed by atoms with van der Waals surface area (Å²) in [5.41, 5.74) is 0. The molecule has 0 aromatic rings. The fourth-order valence-corrected chi connectivity index (χ4v) is 8.46. The van der Waals surface area contributed by atoms with E-state index in [4.69, 9.17) is 71.1 Å². The quantitative estimate of drug-likeness (QED) is 0.0604. The van der Waals surface area contributed by atoms with Crippen LogP contribution in [-0.2, 0) is 80.6 Å². The second-order valence-electron chi connectivity index (χ2n) is 14.9. The van der Waals surface area contributed by atoms with Crippen molar-refractivity contribution in [3.05, 3.63) is 0 Å². The normalized spacial score (nSPS) is 46.0. The van der Waals surface area contributed by atoms with Gasteiger partial charge in [0, 0.05) is 61.9 Å². The summed E-state index contributed by atoms with van der Waals surface area (Å²) in [6.45, 7) is -1.91. The van der Waals surface area contributed by atoms with E-state index in [0.717, 1.165) is 0 Å². The Bertz CT molecular complexity index is 1350. The molecule has 0 radical (unpaired) electrons. The molecule has 0 aromatic heterocycles. The van der Waals surface area contributed by atoms with E-state index in [2.05, 4.69) is 0 Å². The Balaban J connectivity index is 1.29. The van der Waals surface area contributed by atoms with Gasteiger partial charge >= 0.3 is 11.9 Å². The standard InChI is InChI=1S/C36H60O25/c1-47-15-9-21(55-18(12-39)24(15)48-2)57-28-26(50-4)32(52-6)36(61-30(28)34(45)46)59-23-14(41)8-20(54-17(23)11-38)56-27-25(49-3)31(51-5)35(60-29(27)33(43)44)58-22-13(40)7-19(42)53-16(22)10-37/h13-32,35-42H,7-12H2,1-6H3,(H,43,44)(H,45,46)/t13?,14?,15?,16?,17-,18?,19+,20-,21-,22+,23+,24+,25+,26?,27+,28+,29-,30+,31-,32-,35?,36?/m1/s1. The highest BCUT2D eigenvalue weighted by molar-refractivity contribution is 5.74. The van der Waals surface area contributed by atoms with Gasteiger partial charge in [0.05, 0.1) is 38.1 Å². The van der Waals surface area contributed by atoms with Crippen molar-refractivity contribution in [2.45, 2.75) is 154 Å². The summed E-state index contributed by atoms with van der Waals surface area (Å²) in [7, 11) is 7.92. The van der Waals surface area contributed by atoms with E-state index < -0.39 is 173 Å². The molecule has 0 saturated carbocycles. The molecule has 0 amide bonds. The summed E-state index contributed by atoms with van der Waals surface area (Å²) in [6.07, 6.45) is -29.4. The number of hydrogen-bond acceptors (Lipinski definition) is 23. The average Bonchev–Trinajstić information content (AvgIpc) is 3.24. The first-order valence-electron chi connectivity index (χ1n) is 19.6. The van der Waals surface area contributed by atoms with Crippen molar-refractivity contribution in [3.8, 4) is 0 Å². The fraction of sp³-hybridized carbons (Fsp3) is 0.944. The Morgan fingerprint density at radius 1 is 0.459 bits per heavy atom. The minimum absolute atomic E-state index is 0.0814. The predicted octanol–water partition coefficient (Wildman–Crippen LogP) is -4.73. The van der Waals surface area contributed by atoms with Crippen LogP contribution in [0.5, 0.6) is 0 Å². The molecule has 5 rings (SSSR count). The second kappa shape index (κ2) is 22.8. The third-order valence-corrected chi connectivity index (χ3v) is 11.4. The monoisotopic (exact) mass is 892 g/mol. The first-order valence-corrected chi connectivity index (χ1v) is 19.6. The van der Waals surface area contributed by atoms with Gasteiger partial charge in [-0.05, 0) is 0 Å². The number of carboxylic acid groups (broad SMARTS) is 2. The second-order valence-corrected chi connectivity index (χ2v) is 14.9. The summed E-state index contributed by atoms with van der Waals surface area (Å²) in [6, 6.07) is 0. The maximum atomic E-state index is 12.7. The van der Waals surface area contributed by atoms with Gasteiger partial charge in [0.2, 0.25) is 0 Å². The molecule has 25 nitrogen and oxygen atoms in total. The van der Waals surface area contributed by atoms with E-state index in [1.165, 1.54) is 42.7 Å². The summed E-state index contributed by atoms with van der Waals surface area (Å²) in [5, 5.41) is 82.7. The molecule has 0 spiro atoms. The lowest BCUT2D eigenvalue weighted by Crippen LogP contribution is -2.66. The number of methoxy groups -OCH3 is 6. The molecule has 0 bridgehead atoms. The van der Waals surface area contributed by atoms with Crippen molar-refractivity contribution < 1.29 is 121 Å². The van der Waals surface area contributed by atoms with E-state index in [0.29, 0.717) is 0 Å². The van der Waals surface area contributed by atoms with Gasteiger partial charge in [-0.15, -0.1) is 0 Å². The third kappa shape index (κ3) is 11.1. The van der Waals surface area contributed by atoms with Gasteiger partial charge in [-0.2, -0.15) is 0 Å². The number of aliphatic carboxylic acids is 2. The highest BCUT2D eigenvalue weighted by Crippen LogP contribution is 2.37. The molecule has 8 unspecified atom stereocenters. The Morgan fingerprint density at radius 2 is 0.852 bits per heavy atom. The van der Waals surface area contributed by atoms with Crippen molar-refractivity contribution in [1.82, 2.24) is 0 Å². The van der Waals surface area contributed by atoms with Gasteiger partial charge in [0.1, 0.15) is 73.2 Å². The van der Waals surface area contributed by atoms with Crippen LogP contribution in [0, 0.1) is 0 Å². The molecule has 5 aliphatic rings. The minimum Gasteiger partial charge on any atom is -0.479 e. The van der Waals surface area contributed by atoms with Crippen LogP contribution in [0.3, 0.4) is 0 Å². The van der Waals surface area contributed by atoms with E-state index in [1.54, 1.807) is 0 Å². The Morgan fingerprint density at radius 3 is 1.25 bits per heavy atom. The molecular formula is C36H60O25. The topological polar surface area (TPSA) is 334 Å². The molecular weight excluding hydrogens is 832 g/mol. The summed E-state index contributed by atoms with van der Waals surface area (Å²) < 4.78 is 86.5. The highest BCUT2D eigenvalue weighted by atomic mass is 16.8. The molecule has 5 heterocycles. The zero-order chi connectivity index (χ0) is 44.7. The van der Waals surface area contributed by atoms with Gasteiger partial charge in [0.25, 0.3) is 0 Å². The average molecular weight is 893 g/mol. The van der Waals surface area contributed by atoms with Gasteiger partial charge in [-0.1, -0.05) is 0 Å². The van der Waals surface area contributed by atoms with Crippen LogP contribution in [0.2, 0.25) is 0 Å². The van der Waals surface area contributed by atoms with Crippen LogP contribution in [0.15, 0.2) is 0 Å². The lowest BCUT2D eigenvalue weighted by Gasteiger charge is -2.49. The SMILES string of the molecule is COC1C[C@@H](O[C@H]2C(OC)[C@@H](OC)C(O[C@H]3C(O)C[C@@H](O[C@H]4[C@H](OC)[C@@H](OC)C(O[C@H]5C(O)C[C@@H](O)OC5CO)O[C@H]4C(=O)O)O[C@@H]3CO)O[C@@H]2C(=O)O)OC(CO)[C@H]1OC.